The molecule has 1 unspecified atom stereocenters. The third-order valence-electron chi connectivity index (χ3n) is 2.22. The van der Waals surface area contributed by atoms with Crippen LogP contribution in [0.15, 0.2) is 23.1 Å². The summed E-state index contributed by atoms with van der Waals surface area (Å²) < 4.78 is 50.8. The second kappa shape index (κ2) is 5.85. The highest BCUT2D eigenvalue weighted by Crippen LogP contribution is 2.20. The van der Waals surface area contributed by atoms with Crippen molar-refractivity contribution in [2.24, 2.45) is 0 Å². The first-order chi connectivity index (χ1) is 9.09. The molecule has 7 nitrogen and oxygen atoms in total. The molecule has 0 fully saturated rings. The van der Waals surface area contributed by atoms with Crippen molar-refractivity contribution in [3.8, 4) is 0 Å². The maximum atomic E-state index is 13.7. The van der Waals surface area contributed by atoms with Gasteiger partial charge in [-0.3, -0.25) is 10.1 Å². The van der Waals surface area contributed by atoms with Gasteiger partial charge in [-0.15, -0.1) is 4.13 Å². The lowest BCUT2D eigenvalue weighted by atomic mass is 10.3. The van der Waals surface area contributed by atoms with Gasteiger partial charge in [0.15, 0.2) is 0 Å². The molecule has 1 aromatic carbocycles. The van der Waals surface area contributed by atoms with E-state index in [2.05, 4.69) is 5.87 Å². The Morgan fingerprint density at radius 3 is 2.45 bits per heavy atom. The van der Waals surface area contributed by atoms with Crippen LogP contribution in [0.5, 0.6) is 0 Å². The van der Waals surface area contributed by atoms with E-state index in [1.54, 1.807) is 6.92 Å². The molecule has 0 amide bonds. The minimum Gasteiger partial charge on any atom is -0.258 e. The summed E-state index contributed by atoms with van der Waals surface area (Å²) in [6.45, 7) is 1.61. The Labute approximate surface area is 116 Å². The van der Waals surface area contributed by atoms with Gasteiger partial charge in [0.05, 0.1) is 31.3 Å². The van der Waals surface area contributed by atoms with Crippen molar-refractivity contribution in [1.82, 2.24) is 4.13 Å². The monoisotopic (exact) mass is 324 g/mol. The summed E-state index contributed by atoms with van der Waals surface area (Å²) in [6, 6.07) is 2.38. The van der Waals surface area contributed by atoms with Gasteiger partial charge in [-0.05, 0) is 18.4 Å². The number of nitrogens with zero attached hydrogens (tertiary/aromatic N) is 1. The van der Waals surface area contributed by atoms with Crippen molar-refractivity contribution in [3.63, 3.8) is 0 Å². The fraction of sp³-hybridized carbons (Fsp3) is 0.300. The molecular formula is C10H13FN2O5S2. The normalized spacial score (nSPS) is 14.7. The van der Waals surface area contributed by atoms with E-state index in [-0.39, 0.29) is 12.2 Å². The highest BCUT2D eigenvalue weighted by molar-refractivity contribution is 8.09. The second-order valence-corrected chi connectivity index (χ2v) is 8.04. The third-order valence-corrected chi connectivity index (χ3v) is 6.30. The standard InChI is InChI=1S/C10H13FN2O5S2/c1-3-6-20(17,18)12-19(2,16)10-5-4-8(13(14)15)7-9(10)11/h4-5,7H,2-3,6H2,1H3,(H,12,16). The average molecular weight is 324 g/mol. The van der Waals surface area contributed by atoms with Crippen LogP contribution in [0, 0.1) is 15.9 Å². The van der Waals surface area contributed by atoms with Crippen LogP contribution in [-0.2, 0) is 19.7 Å². The van der Waals surface area contributed by atoms with Crippen LogP contribution in [0.2, 0.25) is 0 Å². The predicted molar refractivity (Wildman–Crippen MR) is 73.8 cm³/mol. The molecule has 0 aromatic heterocycles. The minimum absolute atomic E-state index is 0.284. The number of nitro groups is 1. The second-order valence-electron chi connectivity index (χ2n) is 3.95. The van der Waals surface area contributed by atoms with E-state index in [1.165, 1.54) is 0 Å². The molecule has 1 aromatic rings. The van der Waals surface area contributed by atoms with Gasteiger partial charge in [0.1, 0.15) is 5.82 Å². The average Bonchev–Trinajstić information content (AvgIpc) is 2.26. The number of nitro benzene ring substituents is 1. The van der Waals surface area contributed by atoms with Gasteiger partial charge in [0, 0.05) is 6.07 Å². The summed E-state index contributed by atoms with van der Waals surface area (Å²) in [5.41, 5.74) is -0.530. The van der Waals surface area contributed by atoms with E-state index in [0.717, 1.165) is 12.1 Å². The number of hydrogen-bond acceptors (Lipinski definition) is 5. The zero-order valence-corrected chi connectivity index (χ0v) is 12.2. The summed E-state index contributed by atoms with van der Waals surface area (Å²) in [6.07, 6.45) is 0.285. The molecule has 0 bridgehead atoms. The van der Waals surface area contributed by atoms with E-state index in [4.69, 9.17) is 0 Å². The van der Waals surface area contributed by atoms with Gasteiger partial charge in [-0.25, -0.2) is 17.0 Å². The molecule has 0 aliphatic rings. The number of hydrogen-bond donors (Lipinski definition) is 1. The molecule has 1 N–H and O–H groups in total. The maximum Gasteiger partial charge on any atom is 0.272 e. The maximum absolute atomic E-state index is 13.7. The van der Waals surface area contributed by atoms with Crippen molar-refractivity contribution in [3.05, 3.63) is 34.1 Å². The number of rotatable bonds is 6. The van der Waals surface area contributed by atoms with Crippen LogP contribution in [0.3, 0.4) is 0 Å². The SMILES string of the molecule is C=S(=O)(NS(=O)(=O)CCC)c1ccc([N+](=O)[O-])cc1F. The lowest BCUT2D eigenvalue weighted by Gasteiger charge is -2.12. The van der Waals surface area contributed by atoms with Crippen molar-refractivity contribution >= 4 is 31.3 Å². The molecule has 0 saturated heterocycles. The minimum atomic E-state index is -3.87. The molecule has 20 heavy (non-hydrogen) atoms. The van der Waals surface area contributed by atoms with Crippen LogP contribution in [0.25, 0.3) is 0 Å². The Morgan fingerprint density at radius 2 is 2.00 bits per heavy atom. The van der Waals surface area contributed by atoms with Crippen LogP contribution in [-0.4, -0.2) is 29.2 Å². The van der Waals surface area contributed by atoms with Gasteiger partial charge in [0.2, 0.25) is 10.0 Å². The number of benzene rings is 1. The summed E-state index contributed by atoms with van der Waals surface area (Å²) in [7, 11) is -7.52. The third kappa shape index (κ3) is 3.99. The van der Waals surface area contributed by atoms with Crippen molar-refractivity contribution in [2.45, 2.75) is 18.2 Å². The predicted octanol–water partition coefficient (Wildman–Crippen LogP) is 1.05. The Bertz CT molecular complexity index is 728. The highest BCUT2D eigenvalue weighted by atomic mass is 32.3. The molecule has 1 atom stereocenters. The van der Waals surface area contributed by atoms with E-state index in [1.807, 2.05) is 4.13 Å². The topological polar surface area (TPSA) is 106 Å². The Kier molecular flexibility index (Phi) is 4.84. The van der Waals surface area contributed by atoms with E-state index >= 15 is 0 Å². The van der Waals surface area contributed by atoms with Crippen LogP contribution in [0.1, 0.15) is 13.3 Å². The molecule has 0 radical (unpaired) electrons. The van der Waals surface area contributed by atoms with E-state index in [0.29, 0.717) is 6.07 Å². The Morgan fingerprint density at radius 1 is 1.40 bits per heavy atom. The molecule has 0 spiro atoms. The first kappa shape index (κ1) is 16.5. The fourth-order valence-electron chi connectivity index (χ4n) is 1.43. The first-order valence-electron chi connectivity index (χ1n) is 5.41. The van der Waals surface area contributed by atoms with E-state index < -0.39 is 41.1 Å². The molecule has 0 saturated carbocycles. The zero-order chi connectivity index (χ0) is 15.6. The van der Waals surface area contributed by atoms with Crippen molar-refractivity contribution in [2.75, 3.05) is 5.75 Å². The molecular weight excluding hydrogens is 311 g/mol. The molecule has 0 aliphatic heterocycles. The number of non-ortho nitro benzene ring substituents is 1. The van der Waals surface area contributed by atoms with Gasteiger partial charge < -0.3 is 0 Å². The zero-order valence-electron chi connectivity index (χ0n) is 10.5. The number of sulfonamides is 1. The molecule has 112 valence electrons. The summed E-state index contributed by atoms with van der Waals surface area (Å²) >= 11 is 0. The highest BCUT2D eigenvalue weighted by Gasteiger charge is 2.21. The smallest absolute Gasteiger partial charge is 0.258 e. The van der Waals surface area contributed by atoms with Gasteiger partial charge in [-0.2, -0.15) is 0 Å². The largest absolute Gasteiger partial charge is 0.272 e. The Hall–Kier alpha value is -1.52. The van der Waals surface area contributed by atoms with Crippen molar-refractivity contribution < 1.29 is 21.9 Å². The fourth-order valence-corrected chi connectivity index (χ4v) is 4.96. The van der Waals surface area contributed by atoms with Gasteiger partial charge in [-0.1, -0.05) is 6.92 Å². The van der Waals surface area contributed by atoms with E-state index in [9.17, 15) is 27.1 Å². The number of halogens is 1. The van der Waals surface area contributed by atoms with Gasteiger partial charge in [0.25, 0.3) is 5.69 Å². The van der Waals surface area contributed by atoms with Crippen LogP contribution >= 0.6 is 0 Å². The molecule has 10 heteroatoms. The molecule has 0 aliphatic carbocycles. The summed E-state index contributed by atoms with van der Waals surface area (Å²) in [4.78, 5) is 9.12. The lowest BCUT2D eigenvalue weighted by molar-refractivity contribution is -0.385. The summed E-state index contributed by atoms with van der Waals surface area (Å²) in [5.74, 6) is 1.73. The molecule has 0 heterocycles. The van der Waals surface area contributed by atoms with Crippen LogP contribution in [0.4, 0.5) is 10.1 Å². The van der Waals surface area contributed by atoms with Crippen molar-refractivity contribution in [1.29, 1.82) is 0 Å². The molecule has 1 rings (SSSR count). The van der Waals surface area contributed by atoms with Gasteiger partial charge >= 0.3 is 0 Å². The van der Waals surface area contributed by atoms with Crippen LogP contribution < -0.4 is 4.13 Å². The quantitative estimate of drug-likeness (QED) is 0.478. The summed E-state index contributed by atoms with van der Waals surface area (Å²) in [5, 5.41) is 10.5. The first-order valence-corrected chi connectivity index (χ1v) is 8.79. The Balaban J connectivity index is 3.20. The lowest BCUT2D eigenvalue weighted by Crippen LogP contribution is -2.32. The number of nitrogens with one attached hydrogen (secondary N) is 1.